The van der Waals surface area contributed by atoms with Crippen molar-refractivity contribution in [2.24, 2.45) is 11.7 Å². The van der Waals surface area contributed by atoms with E-state index in [-0.39, 0.29) is 17.7 Å². The van der Waals surface area contributed by atoms with Crippen LogP contribution in [0, 0.1) is 5.92 Å². The lowest BCUT2D eigenvalue weighted by Gasteiger charge is -2.30. The average molecular weight is 430 g/mol. The first-order valence-electron chi connectivity index (χ1n) is 10.2. The average Bonchev–Trinajstić information content (AvgIpc) is 2.73. The number of halogens is 1. The molecule has 160 valence electrons. The number of ether oxygens (including phenoxy) is 1. The zero-order chi connectivity index (χ0) is 21.5. The Kier molecular flexibility index (Phi) is 7.71. The van der Waals surface area contributed by atoms with Crippen molar-refractivity contribution in [1.82, 2.24) is 4.90 Å². The van der Waals surface area contributed by atoms with E-state index >= 15 is 0 Å². The molecule has 1 saturated heterocycles. The van der Waals surface area contributed by atoms with E-state index < -0.39 is 6.10 Å². The van der Waals surface area contributed by atoms with Crippen LogP contribution in [-0.4, -0.2) is 42.5 Å². The molecule has 2 aromatic rings. The van der Waals surface area contributed by atoms with E-state index in [0.717, 1.165) is 44.6 Å². The van der Waals surface area contributed by atoms with Gasteiger partial charge in [0.1, 0.15) is 5.75 Å². The molecule has 0 aliphatic carbocycles. The van der Waals surface area contributed by atoms with Crippen molar-refractivity contribution < 1.29 is 14.3 Å². The van der Waals surface area contributed by atoms with Crippen molar-refractivity contribution in [3.63, 3.8) is 0 Å². The lowest BCUT2D eigenvalue weighted by atomic mass is 9.96. The molecular weight excluding hydrogens is 402 g/mol. The molecule has 3 N–H and O–H groups in total. The van der Waals surface area contributed by atoms with Gasteiger partial charge in [0.25, 0.3) is 5.91 Å². The molecule has 0 spiro atoms. The smallest absolute Gasteiger partial charge is 0.265 e. The van der Waals surface area contributed by atoms with Crippen LogP contribution in [0.15, 0.2) is 48.5 Å². The summed E-state index contributed by atoms with van der Waals surface area (Å²) in [6.45, 7) is 4.46. The summed E-state index contributed by atoms with van der Waals surface area (Å²) < 4.78 is 5.65. The number of hydrogen-bond acceptors (Lipinski definition) is 4. The number of likely N-dealkylation sites (tertiary alicyclic amines) is 1. The van der Waals surface area contributed by atoms with Gasteiger partial charge in [-0.2, -0.15) is 0 Å². The Labute approximate surface area is 182 Å². The van der Waals surface area contributed by atoms with E-state index in [2.05, 4.69) is 10.2 Å². The van der Waals surface area contributed by atoms with Crippen LogP contribution in [-0.2, 0) is 16.0 Å². The van der Waals surface area contributed by atoms with Gasteiger partial charge >= 0.3 is 0 Å². The fraction of sp³-hybridized carbons (Fsp3) is 0.391. The predicted octanol–water partition coefficient (Wildman–Crippen LogP) is 3.49. The highest BCUT2D eigenvalue weighted by atomic mass is 35.5. The van der Waals surface area contributed by atoms with Crippen LogP contribution < -0.4 is 15.8 Å². The molecule has 0 radical (unpaired) electrons. The summed E-state index contributed by atoms with van der Waals surface area (Å²) in [7, 11) is 0. The highest BCUT2D eigenvalue weighted by Gasteiger charge is 2.22. The highest BCUT2D eigenvalue weighted by molar-refractivity contribution is 6.30. The largest absolute Gasteiger partial charge is 0.481 e. The van der Waals surface area contributed by atoms with Gasteiger partial charge in [-0.15, -0.1) is 0 Å². The van der Waals surface area contributed by atoms with Crippen molar-refractivity contribution in [3.05, 3.63) is 59.1 Å². The molecule has 1 aliphatic heterocycles. The van der Waals surface area contributed by atoms with Crippen LogP contribution in [0.3, 0.4) is 0 Å². The number of anilines is 1. The van der Waals surface area contributed by atoms with Crippen molar-refractivity contribution in [2.45, 2.75) is 32.3 Å². The number of hydrogen-bond donors (Lipinski definition) is 2. The third kappa shape index (κ3) is 6.47. The number of carbonyl (C=O) groups excluding carboxylic acids is 2. The number of nitrogens with one attached hydrogen (secondary N) is 1. The predicted molar refractivity (Wildman–Crippen MR) is 119 cm³/mol. The number of amides is 2. The summed E-state index contributed by atoms with van der Waals surface area (Å²) in [5, 5.41) is 3.44. The first kappa shape index (κ1) is 22.1. The van der Waals surface area contributed by atoms with Gasteiger partial charge < -0.3 is 20.7 Å². The van der Waals surface area contributed by atoms with Gasteiger partial charge in [-0.3, -0.25) is 9.59 Å². The van der Waals surface area contributed by atoms with Crippen molar-refractivity contribution in [2.75, 3.05) is 25.0 Å². The van der Waals surface area contributed by atoms with Gasteiger partial charge in [-0.1, -0.05) is 29.8 Å². The monoisotopic (exact) mass is 429 g/mol. The number of primary amides is 1. The zero-order valence-corrected chi connectivity index (χ0v) is 17.9. The first-order chi connectivity index (χ1) is 14.4. The molecule has 2 amide bonds. The summed E-state index contributed by atoms with van der Waals surface area (Å²) >= 11 is 5.94. The Morgan fingerprint density at radius 1 is 1.20 bits per heavy atom. The summed E-state index contributed by atoms with van der Waals surface area (Å²) in [6, 6.07) is 14.8. The summed E-state index contributed by atoms with van der Waals surface area (Å²) in [4.78, 5) is 26.0. The van der Waals surface area contributed by atoms with E-state index in [9.17, 15) is 9.59 Å². The molecule has 0 saturated carbocycles. The van der Waals surface area contributed by atoms with Crippen molar-refractivity contribution in [3.8, 4) is 5.75 Å². The lowest BCUT2D eigenvalue weighted by molar-refractivity contribution is -0.123. The standard InChI is InChI=1S/C23H28ClN3O3/c1-16(30-21-4-2-3-19(24)15-21)23(29)26-20-7-5-17(6-8-20)9-12-27-13-10-18(11-14-27)22(25)28/h2-8,15-16,18H,9-14H2,1H3,(H2,25,28)(H,26,29). The molecule has 1 unspecified atom stereocenters. The molecule has 7 heteroatoms. The molecule has 1 heterocycles. The van der Waals surface area contributed by atoms with E-state index in [4.69, 9.17) is 22.1 Å². The molecule has 1 fully saturated rings. The fourth-order valence-corrected chi connectivity index (χ4v) is 3.71. The highest BCUT2D eigenvalue weighted by Crippen LogP contribution is 2.20. The van der Waals surface area contributed by atoms with Gasteiger partial charge in [0.2, 0.25) is 5.91 Å². The minimum atomic E-state index is -0.647. The number of carbonyl (C=O) groups is 2. The first-order valence-corrected chi connectivity index (χ1v) is 10.6. The maximum atomic E-state index is 12.4. The molecule has 2 aromatic carbocycles. The van der Waals surface area contributed by atoms with Crippen molar-refractivity contribution >= 4 is 29.1 Å². The number of piperidine rings is 1. The summed E-state index contributed by atoms with van der Waals surface area (Å²) in [5.74, 6) is 0.175. The number of nitrogens with zero attached hydrogens (tertiary/aromatic N) is 1. The maximum absolute atomic E-state index is 12.4. The molecule has 0 bridgehead atoms. The molecule has 0 aromatic heterocycles. The molecule has 1 aliphatic rings. The fourth-order valence-electron chi connectivity index (χ4n) is 3.52. The van der Waals surface area contributed by atoms with E-state index in [1.165, 1.54) is 5.56 Å². The van der Waals surface area contributed by atoms with Gasteiger partial charge in [0, 0.05) is 23.2 Å². The van der Waals surface area contributed by atoms with Crippen LogP contribution in [0.5, 0.6) is 5.75 Å². The van der Waals surface area contributed by atoms with Crippen LogP contribution in [0.2, 0.25) is 5.02 Å². The minimum Gasteiger partial charge on any atom is -0.481 e. The normalized spacial score (nSPS) is 16.1. The van der Waals surface area contributed by atoms with Crippen LogP contribution in [0.25, 0.3) is 0 Å². The van der Waals surface area contributed by atoms with Crippen LogP contribution in [0.4, 0.5) is 5.69 Å². The molecule has 1 atom stereocenters. The number of rotatable bonds is 8. The molecule has 6 nitrogen and oxygen atoms in total. The Balaban J connectivity index is 1.44. The van der Waals surface area contributed by atoms with Crippen LogP contribution >= 0.6 is 11.6 Å². The molecular formula is C23H28ClN3O3. The quantitative estimate of drug-likeness (QED) is 0.672. The van der Waals surface area contributed by atoms with E-state index in [0.29, 0.717) is 10.8 Å². The maximum Gasteiger partial charge on any atom is 0.265 e. The van der Waals surface area contributed by atoms with Gasteiger partial charge in [0.15, 0.2) is 6.10 Å². The van der Waals surface area contributed by atoms with Crippen LogP contribution in [0.1, 0.15) is 25.3 Å². The third-order valence-corrected chi connectivity index (χ3v) is 5.64. The Hall–Kier alpha value is -2.57. The minimum absolute atomic E-state index is 0.0226. The second-order valence-corrected chi connectivity index (χ2v) is 8.11. The lowest BCUT2D eigenvalue weighted by Crippen LogP contribution is -2.39. The Morgan fingerprint density at radius 3 is 2.53 bits per heavy atom. The van der Waals surface area contributed by atoms with Gasteiger partial charge in [-0.25, -0.2) is 0 Å². The summed E-state index contributed by atoms with van der Waals surface area (Å²) in [6.07, 6.45) is 1.96. The SMILES string of the molecule is CC(Oc1cccc(Cl)c1)C(=O)Nc1ccc(CCN2CCC(C(N)=O)CC2)cc1. The third-order valence-electron chi connectivity index (χ3n) is 5.41. The van der Waals surface area contributed by atoms with E-state index in [1.807, 2.05) is 24.3 Å². The summed E-state index contributed by atoms with van der Waals surface area (Å²) in [5.41, 5.74) is 7.32. The molecule has 30 heavy (non-hydrogen) atoms. The van der Waals surface area contributed by atoms with E-state index in [1.54, 1.807) is 31.2 Å². The Bertz CT molecular complexity index is 864. The van der Waals surface area contributed by atoms with Crippen molar-refractivity contribution in [1.29, 1.82) is 0 Å². The zero-order valence-electron chi connectivity index (χ0n) is 17.1. The topological polar surface area (TPSA) is 84.7 Å². The second-order valence-electron chi connectivity index (χ2n) is 7.67. The van der Waals surface area contributed by atoms with Gasteiger partial charge in [-0.05, 0) is 75.2 Å². The second kappa shape index (κ2) is 10.5. The molecule has 3 rings (SSSR count). The number of nitrogens with two attached hydrogens (primary N) is 1. The Morgan fingerprint density at radius 2 is 1.90 bits per heavy atom. The number of benzene rings is 2. The van der Waals surface area contributed by atoms with Gasteiger partial charge in [0.05, 0.1) is 0 Å².